The molecule has 0 saturated heterocycles. The van der Waals surface area contributed by atoms with Crippen LogP contribution in [0.3, 0.4) is 0 Å². The number of hydrogen-bond acceptors (Lipinski definition) is 0. The molecule has 0 atom stereocenters. The average molecular weight is 2310 g/mol. The Balaban J connectivity index is -0.0000000981. The fourth-order valence-corrected chi connectivity index (χ4v) is 10.5. The predicted molar refractivity (Wildman–Crippen MR) is 572 cm³/mol. The van der Waals surface area contributed by atoms with Crippen LogP contribution in [-0.2, 0) is 229 Å². The summed E-state index contributed by atoms with van der Waals surface area (Å²) in [5, 5.41) is 0. The largest absolute Gasteiger partial charge is 0.226 e. The summed E-state index contributed by atoms with van der Waals surface area (Å²) in [6.07, 6.45) is 0. The van der Waals surface area contributed by atoms with Crippen molar-refractivity contribution in [1.29, 1.82) is 0 Å². The number of rotatable bonds is 7. The molecule has 0 aliphatic heterocycles. The topological polar surface area (TPSA) is 0 Å². The summed E-state index contributed by atoms with van der Waals surface area (Å²) in [5.41, 5.74) is 33.3. The zero-order chi connectivity index (χ0) is 97.8. The van der Waals surface area contributed by atoms with Crippen LogP contribution < -0.4 is 0 Å². The van der Waals surface area contributed by atoms with Crippen molar-refractivity contribution in [3.63, 3.8) is 0 Å². The van der Waals surface area contributed by atoms with Gasteiger partial charge in [-0.25, -0.2) is 77.9 Å². The fourth-order valence-electron chi connectivity index (χ4n) is 10.5. The van der Waals surface area contributed by atoms with Crippen molar-refractivity contribution in [3.05, 3.63) is 418 Å². The number of hydrogen-bond donors (Lipinski definition) is 0. The van der Waals surface area contributed by atoms with E-state index in [9.17, 15) is 0 Å². The van der Waals surface area contributed by atoms with Gasteiger partial charge in [-0.1, -0.05) is 291 Å². The summed E-state index contributed by atoms with van der Waals surface area (Å²) >= 11 is 0. The monoisotopic (exact) mass is 2300 g/mol. The standard InChI is InChI=1S/7C14H12.14C2H6.7Y/c1-11-5-3-7-13(9-11)14-8-4-6-12(2)10-14;1-11-7-3-5-9-13(11)14-10-6-4-8-12(14)2;3*1-11-6-5-8-13(10-11)14-9-4-3-7-12(14)2;1-11-6-8-13(9-7-11)14-5-3-4-12(2)10-14;1-11-7-9-13(10-8-11)14-6-4-3-5-12(14)2;14*1-2;;;;;;;/h3-6,9-10H,1-2H3;3-8H,1-2H3;2*3-7,10H,1-2H3;3-8H,1-2H3;3-4,6-8,10H,1-2H3;3-5,7-9H,1-2H3;14*1-2H3;;;;;;;/q7*-2;;;;;;;;;;;;;;;;;;;;;. The molecule has 0 aliphatic rings. The van der Waals surface area contributed by atoms with Crippen LogP contribution in [-0.4, -0.2) is 0 Å². The molecule has 0 heterocycles. The zero-order valence-corrected chi connectivity index (χ0v) is 111. The van der Waals surface area contributed by atoms with Gasteiger partial charge in [0.1, 0.15) is 0 Å². The molecule has 707 valence electrons. The Labute approximate surface area is 1000 Å². The summed E-state index contributed by atoms with van der Waals surface area (Å²) in [6.45, 7) is 85.3. The normalized spacial score (nSPS) is 8.11. The molecule has 0 bridgehead atoms. The zero-order valence-electron chi connectivity index (χ0n) is 91.3. The van der Waals surface area contributed by atoms with Crippen LogP contribution in [0, 0.1) is 182 Å². The van der Waals surface area contributed by atoms with Crippen molar-refractivity contribution in [2.45, 2.75) is 291 Å². The molecule has 133 heavy (non-hydrogen) atoms. The molecule has 14 rings (SSSR count). The van der Waals surface area contributed by atoms with Gasteiger partial charge in [-0.2, -0.15) is 300 Å². The van der Waals surface area contributed by atoms with E-state index in [0.717, 1.165) is 77.9 Å². The molecular weight excluding hydrogens is 2140 g/mol. The first-order valence-electron chi connectivity index (χ1n) is 47.1. The van der Waals surface area contributed by atoms with Gasteiger partial charge in [-0.15, -0.1) is 117 Å². The van der Waals surface area contributed by atoms with E-state index >= 15 is 0 Å². The second-order valence-corrected chi connectivity index (χ2v) is 24.6. The Kier molecular flexibility index (Phi) is 136. The van der Waals surface area contributed by atoms with Gasteiger partial charge in [0.2, 0.25) is 0 Å². The van der Waals surface area contributed by atoms with Crippen LogP contribution in [0.1, 0.15) is 272 Å². The first kappa shape index (κ1) is 161. The minimum Gasteiger partial charge on any atom is -0.226 e. The van der Waals surface area contributed by atoms with Gasteiger partial charge in [0.25, 0.3) is 0 Å². The maximum Gasteiger partial charge on any atom is 0 e. The van der Waals surface area contributed by atoms with Crippen LogP contribution in [0.4, 0.5) is 0 Å². The molecular formula is C126H168Y7-14. The van der Waals surface area contributed by atoms with Gasteiger partial charge >= 0.3 is 0 Å². The average Bonchev–Trinajstić information content (AvgIpc) is 0.824. The second kappa shape index (κ2) is 112. The van der Waals surface area contributed by atoms with Gasteiger partial charge in [0.05, 0.1) is 0 Å². The fraction of sp³-hybridized carbons (Fsp3) is 0.333. The SMILES string of the molecule is CC.CC.CC.CC.CC.CC.CC.CC.CC.CC.CC.CC.CC.CC.Cc1[c-]c(-c2[c-]cccc2C)ccc1.Cc1c[c-]c(-c2[c-]ccc(C)c2)cc1.Cc1c[c-]c(-c2[c-]cccc2C)cc1.Cc1cc[c-]c(-c2[c-]ccc(C)c2)c1.Cc1cc[c-]c(-c2[c-]cccc2C)c1.Cc1cc[c-]c(-c2[c-]cccc2C)c1.Cc1ccc[c-]c1-c1[c-]cccc1C.[Y].[Y].[Y].[Y].[Y].[Y].[Y]. The van der Waals surface area contributed by atoms with Crippen LogP contribution in [0.5, 0.6) is 0 Å². The molecule has 7 heteroatoms. The van der Waals surface area contributed by atoms with E-state index in [1.54, 1.807) is 0 Å². The number of benzene rings is 14. The molecule has 0 spiro atoms. The summed E-state index contributed by atoms with van der Waals surface area (Å²) in [5.74, 6) is 0. The van der Waals surface area contributed by atoms with Crippen molar-refractivity contribution in [2.75, 3.05) is 0 Å². The first-order chi connectivity index (χ1) is 61.4. The van der Waals surface area contributed by atoms with E-state index in [2.05, 4.69) is 321 Å². The molecule has 0 fully saturated rings. The van der Waals surface area contributed by atoms with Gasteiger partial charge < -0.3 is 0 Å². The van der Waals surface area contributed by atoms with Crippen molar-refractivity contribution in [2.24, 2.45) is 0 Å². The van der Waals surface area contributed by atoms with E-state index in [0.29, 0.717) is 0 Å². The number of aryl methyl sites for hydroxylation is 14. The van der Waals surface area contributed by atoms with Gasteiger partial charge in [-0.3, -0.25) is 0 Å². The Hall–Kier alpha value is -3.19. The summed E-state index contributed by atoms with van der Waals surface area (Å²) in [6, 6.07) is 131. The quantitative estimate of drug-likeness (QED) is 0.140. The summed E-state index contributed by atoms with van der Waals surface area (Å²) in [7, 11) is 0. The van der Waals surface area contributed by atoms with Gasteiger partial charge in [0.15, 0.2) is 0 Å². The third-order valence-corrected chi connectivity index (χ3v) is 16.0. The second-order valence-electron chi connectivity index (χ2n) is 24.6. The van der Waals surface area contributed by atoms with E-state index in [-0.39, 0.29) is 229 Å². The van der Waals surface area contributed by atoms with Gasteiger partial charge in [-0.05, 0) is 0 Å². The first-order valence-corrected chi connectivity index (χ1v) is 47.1. The van der Waals surface area contributed by atoms with Crippen molar-refractivity contribution in [1.82, 2.24) is 0 Å². The molecule has 0 saturated carbocycles. The minimum atomic E-state index is 0. The van der Waals surface area contributed by atoms with Crippen LogP contribution in [0.2, 0.25) is 0 Å². The predicted octanol–water partition coefficient (Wildman–Crippen LogP) is 39.3. The maximum absolute atomic E-state index is 3.33. The molecule has 0 amide bonds. The summed E-state index contributed by atoms with van der Waals surface area (Å²) in [4.78, 5) is 0. The minimum absolute atomic E-state index is 0. The Morgan fingerprint density at radius 3 is 0.564 bits per heavy atom. The van der Waals surface area contributed by atoms with E-state index in [1.807, 2.05) is 309 Å². The van der Waals surface area contributed by atoms with E-state index in [1.165, 1.54) is 77.9 Å². The molecule has 14 aromatic carbocycles. The van der Waals surface area contributed by atoms with Crippen LogP contribution >= 0.6 is 0 Å². The van der Waals surface area contributed by atoms with Crippen LogP contribution in [0.15, 0.2) is 255 Å². The summed E-state index contributed by atoms with van der Waals surface area (Å²) < 4.78 is 0. The molecule has 7 radical (unpaired) electrons. The molecule has 0 N–H and O–H groups in total. The van der Waals surface area contributed by atoms with E-state index in [4.69, 9.17) is 0 Å². The van der Waals surface area contributed by atoms with Crippen molar-refractivity contribution in [3.8, 4) is 77.9 Å². The van der Waals surface area contributed by atoms with Crippen molar-refractivity contribution < 1.29 is 229 Å². The van der Waals surface area contributed by atoms with Crippen LogP contribution in [0.25, 0.3) is 77.9 Å². The third-order valence-electron chi connectivity index (χ3n) is 16.0. The molecule has 14 aromatic rings. The smallest absolute Gasteiger partial charge is 0 e. The Bertz CT molecular complexity index is 4510. The van der Waals surface area contributed by atoms with Gasteiger partial charge in [0, 0.05) is 229 Å². The maximum atomic E-state index is 3.33. The Morgan fingerprint density at radius 1 is 0.143 bits per heavy atom. The third kappa shape index (κ3) is 71.0. The molecule has 0 aromatic heterocycles. The van der Waals surface area contributed by atoms with E-state index < -0.39 is 0 Å². The Morgan fingerprint density at radius 2 is 0.346 bits per heavy atom. The molecule has 0 aliphatic carbocycles. The molecule has 0 unspecified atom stereocenters. The van der Waals surface area contributed by atoms with Crippen molar-refractivity contribution >= 4 is 0 Å². The molecule has 0 nitrogen and oxygen atoms in total.